The zero-order chi connectivity index (χ0) is 13.7. The molecule has 1 heterocycles. The van der Waals surface area contributed by atoms with Gasteiger partial charge in [0.2, 0.25) is 0 Å². The van der Waals surface area contributed by atoms with Crippen LogP contribution in [0.25, 0.3) is 0 Å². The van der Waals surface area contributed by atoms with Crippen molar-refractivity contribution in [2.75, 3.05) is 14.2 Å². The van der Waals surface area contributed by atoms with E-state index in [1.165, 1.54) is 14.2 Å². The Balaban J connectivity index is 3.25. The molecule has 5 nitrogen and oxygen atoms in total. The van der Waals surface area contributed by atoms with Crippen LogP contribution in [0.5, 0.6) is 5.75 Å². The molecule has 100 valence electrons. The van der Waals surface area contributed by atoms with Gasteiger partial charge in [0, 0.05) is 18.2 Å². The molecule has 2 N–H and O–H groups in total. The lowest BCUT2D eigenvalue weighted by molar-refractivity contribution is -0.139. The average Bonchev–Trinajstić information content (AvgIpc) is 2.38. The standard InChI is InChI=1S/C11H14F2N2O3/c1-17-9-4-7(11(12)13)15-8(5-14)6(9)3-10(16)18-2/h4,11H,3,5,14H2,1-2H3. The zero-order valence-corrected chi connectivity index (χ0v) is 10.1. The van der Waals surface area contributed by atoms with Crippen LogP contribution < -0.4 is 10.5 Å². The molecule has 0 amide bonds. The number of hydrogen-bond donors (Lipinski definition) is 1. The van der Waals surface area contributed by atoms with Crippen molar-refractivity contribution in [2.24, 2.45) is 5.73 Å². The Morgan fingerprint density at radius 2 is 2.17 bits per heavy atom. The summed E-state index contributed by atoms with van der Waals surface area (Å²) in [5, 5.41) is 0. The smallest absolute Gasteiger partial charge is 0.310 e. The highest BCUT2D eigenvalue weighted by atomic mass is 19.3. The van der Waals surface area contributed by atoms with Crippen LogP contribution in [0.15, 0.2) is 6.07 Å². The zero-order valence-electron chi connectivity index (χ0n) is 10.1. The van der Waals surface area contributed by atoms with Crippen LogP contribution in [0, 0.1) is 0 Å². The fraction of sp³-hybridized carbons (Fsp3) is 0.455. The number of nitrogens with zero attached hydrogens (tertiary/aromatic N) is 1. The maximum absolute atomic E-state index is 12.6. The minimum Gasteiger partial charge on any atom is -0.496 e. The summed E-state index contributed by atoms with van der Waals surface area (Å²) in [5.74, 6) is -0.360. The highest BCUT2D eigenvalue weighted by Gasteiger charge is 2.19. The lowest BCUT2D eigenvalue weighted by atomic mass is 10.1. The molecule has 0 atom stereocenters. The van der Waals surface area contributed by atoms with Gasteiger partial charge >= 0.3 is 5.97 Å². The molecule has 1 aromatic heterocycles. The van der Waals surface area contributed by atoms with Crippen molar-refractivity contribution in [3.05, 3.63) is 23.0 Å². The highest BCUT2D eigenvalue weighted by Crippen LogP contribution is 2.27. The fourth-order valence-corrected chi connectivity index (χ4v) is 1.49. The Morgan fingerprint density at radius 1 is 1.50 bits per heavy atom. The van der Waals surface area contributed by atoms with Crippen molar-refractivity contribution in [3.63, 3.8) is 0 Å². The van der Waals surface area contributed by atoms with Crippen LogP contribution in [0.2, 0.25) is 0 Å². The van der Waals surface area contributed by atoms with Crippen LogP contribution in [-0.2, 0) is 22.5 Å². The van der Waals surface area contributed by atoms with Crippen LogP contribution in [-0.4, -0.2) is 25.2 Å². The summed E-state index contributed by atoms with van der Waals surface area (Å²) in [6.07, 6.45) is -2.85. The second-order valence-corrected chi connectivity index (χ2v) is 3.43. The number of halogens is 2. The molecule has 0 aliphatic carbocycles. The van der Waals surface area contributed by atoms with E-state index in [4.69, 9.17) is 10.5 Å². The van der Waals surface area contributed by atoms with Crippen molar-refractivity contribution < 1.29 is 23.0 Å². The predicted octanol–water partition coefficient (Wildman–Crippen LogP) is 1.20. The first-order chi connectivity index (χ1) is 8.53. The van der Waals surface area contributed by atoms with E-state index >= 15 is 0 Å². The molecule has 0 aromatic carbocycles. The van der Waals surface area contributed by atoms with E-state index in [1.54, 1.807) is 0 Å². The SMILES string of the molecule is COC(=O)Cc1c(OC)cc(C(F)F)nc1CN. The number of carbonyl (C=O) groups is 1. The lowest BCUT2D eigenvalue weighted by Crippen LogP contribution is -2.13. The van der Waals surface area contributed by atoms with Crippen molar-refractivity contribution in [3.8, 4) is 5.75 Å². The van der Waals surface area contributed by atoms with Gasteiger partial charge in [0.1, 0.15) is 11.4 Å². The largest absolute Gasteiger partial charge is 0.496 e. The van der Waals surface area contributed by atoms with E-state index in [0.29, 0.717) is 5.56 Å². The number of carbonyl (C=O) groups excluding carboxylic acids is 1. The lowest BCUT2D eigenvalue weighted by Gasteiger charge is -2.13. The van der Waals surface area contributed by atoms with Gasteiger partial charge in [-0.2, -0.15) is 0 Å². The molecule has 1 aromatic rings. The van der Waals surface area contributed by atoms with E-state index in [2.05, 4.69) is 9.72 Å². The Hall–Kier alpha value is -1.76. The second kappa shape index (κ2) is 6.25. The van der Waals surface area contributed by atoms with Gasteiger partial charge in [-0.15, -0.1) is 0 Å². The van der Waals surface area contributed by atoms with Gasteiger partial charge < -0.3 is 15.2 Å². The first kappa shape index (κ1) is 14.3. The molecule has 1 rings (SSSR count). The van der Waals surface area contributed by atoms with Gasteiger partial charge in [-0.3, -0.25) is 4.79 Å². The van der Waals surface area contributed by atoms with Crippen molar-refractivity contribution >= 4 is 5.97 Å². The minimum absolute atomic E-state index is 0.0662. The van der Waals surface area contributed by atoms with Gasteiger partial charge in [-0.25, -0.2) is 13.8 Å². The van der Waals surface area contributed by atoms with Crippen LogP contribution in [0.4, 0.5) is 8.78 Å². The van der Waals surface area contributed by atoms with Crippen LogP contribution in [0.3, 0.4) is 0 Å². The Kier molecular flexibility index (Phi) is 4.96. The summed E-state index contributed by atoms with van der Waals surface area (Å²) in [4.78, 5) is 15.0. The molecule has 18 heavy (non-hydrogen) atoms. The van der Waals surface area contributed by atoms with E-state index in [9.17, 15) is 13.6 Å². The minimum atomic E-state index is -2.73. The number of hydrogen-bond acceptors (Lipinski definition) is 5. The summed E-state index contributed by atoms with van der Waals surface area (Å²) < 4.78 is 34.7. The molecule has 0 fully saturated rings. The van der Waals surface area contributed by atoms with E-state index < -0.39 is 18.1 Å². The molecule has 7 heteroatoms. The number of aromatic nitrogens is 1. The van der Waals surface area contributed by atoms with Gasteiger partial charge in [-0.1, -0.05) is 0 Å². The van der Waals surface area contributed by atoms with Crippen molar-refractivity contribution in [1.82, 2.24) is 4.98 Å². The Morgan fingerprint density at radius 3 is 2.61 bits per heavy atom. The number of pyridine rings is 1. The summed E-state index contributed by atoms with van der Waals surface area (Å²) in [5.41, 5.74) is 5.59. The third-order valence-electron chi connectivity index (χ3n) is 2.37. The highest BCUT2D eigenvalue weighted by molar-refractivity contribution is 5.73. The summed E-state index contributed by atoms with van der Waals surface area (Å²) in [7, 11) is 2.56. The van der Waals surface area contributed by atoms with Gasteiger partial charge in [0.25, 0.3) is 6.43 Å². The Bertz CT molecular complexity index is 413. The normalized spacial score (nSPS) is 10.6. The van der Waals surface area contributed by atoms with Gasteiger partial charge in [0.05, 0.1) is 26.3 Å². The number of ether oxygens (including phenoxy) is 2. The Labute approximate surface area is 103 Å². The van der Waals surface area contributed by atoms with E-state index in [-0.39, 0.29) is 24.4 Å². The predicted molar refractivity (Wildman–Crippen MR) is 59.4 cm³/mol. The maximum atomic E-state index is 12.6. The molecule has 0 radical (unpaired) electrons. The van der Waals surface area contributed by atoms with Crippen molar-refractivity contribution in [2.45, 2.75) is 19.4 Å². The molecule has 0 bridgehead atoms. The first-order valence-electron chi connectivity index (χ1n) is 5.15. The number of nitrogens with two attached hydrogens (primary N) is 1. The molecular weight excluding hydrogens is 246 g/mol. The third kappa shape index (κ3) is 3.13. The summed E-state index contributed by atoms with van der Waals surface area (Å²) in [6, 6.07) is 1.10. The monoisotopic (exact) mass is 260 g/mol. The number of rotatable bonds is 5. The average molecular weight is 260 g/mol. The molecular formula is C11H14F2N2O3. The molecule has 0 saturated carbocycles. The van der Waals surface area contributed by atoms with Gasteiger partial charge in [0.15, 0.2) is 0 Å². The van der Waals surface area contributed by atoms with E-state index in [1.807, 2.05) is 0 Å². The topological polar surface area (TPSA) is 74.4 Å². The van der Waals surface area contributed by atoms with Crippen molar-refractivity contribution in [1.29, 1.82) is 0 Å². The maximum Gasteiger partial charge on any atom is 0.310 e. The van der Waals surface area contributed by atoms with Crippen LogP contribution in [0.1, 0.15) is 23.4 Å². The molecule has 0 aliphatic rings. The number of methoxy groups -OCH3 is 2. The molecule has 0 spiro atoms. The second-order valence-electron chi connectivity index (χ2n) is 3.43. The third-order valence-corrected chi connectivity index (χ3v) is 2.37. The number of alkyl halides is 2. The van der Waals surface area contributed by atoms with E-state index in [0.717, 1.165) is 6.07 Å². The summed E-state index contributed by atoms with van der Waals surface area (Å²) >= 11 is 0. The fourth-order valence-electron chi connectivity index (χ4n) is 1.49. The molecule has 0 saturated heterocycles. The number of esters is 1. The summed E-state index contributed by atoms with van der Waals surface area (Å²) in [6.45, 7) is -0.0662. The first-order valence-corrected chi connectivity index (χ1v) is 5.15. The quantitative estimate of drug-likeness (QED) is 0.805. The van der Waals surface area contributed by atoms with Crippen LogP contribution >= 0.6 is 0 Å². The molecule has 0 aliphatic heterocycles. The molecule has 0 unspecified atom stereocenters. The van der Waals surface area contributed by atoms with Gasteiger partial charge in [-0.05, 0) is 0 Å².